The summed E-state index contributed by atoms with van der Waals surface area (Å²) in [6.07, 6.45) is 0. The molecule has 2 heteroatoms. The van der Waals surface area contributed by atoms with Gasteiger partial charge in [-0.15, -0.1) is 0 Å². The second kappa shape index (κ2) is 14.1. The van der Waals surface area contributed by atoms with Crippen LogP contribution in [0.5, 0.6) is 0 Å². The van der Waals surface area contributed by atoms with Crippen LogP contribution in [0.25, 0.3) is 82.4 Å². The molecule has 10 aromatic carbocycles. The molecule has 272 valence electrons. The van der Waals surface area contributed by atoms with Crippen molar-refractivity contribution in [1.29, 1.82) is 0 Å². The van der Waals surface area contributed by atoms with Crippen molar-refractivity contribution in [3.05, 3.63) is 231 Å². The van der Waals surface area contributed by atoms with Gasteiger partial charge in [-0.2, -0.15) is 0 Å². The topological polar surface area (TPSA) is 8.17 Å². The molecular weight excluding hydrogens is 701 g/mol. The summed E-state index contributed by atoms with van der Waals surface area (Å²) < 4.78 is 2.44. The van der Waals surface area contributed by atoms with Crippen LogP contribution in [0, 0.1) is 0 Å². The third kappa shape index (κ3) is 5.74. The number of hydrogen-bond donors (Lipinski definition) is 0. The quantitative estimate of drug-likeness (QED) is 0.158. The van der Waals surface area contributed by atoms with Gasteiger partial charge >= 0.3 is 0 Å². The standard InChI is InChI=1S/C56H38N2/c1-3-13-39(14-4-1)40-25-27-41(28-26-40)42-29-34-47(35-30-42)57(48-36-31-45(32-37-48)50-22-11-17-43-15-7-9-20-49(43)50)53-23-12-24-54-55(53)52-38-33-44-16-8-10-21-51(44)56(52)58(54)46-18-5-2-6-19-46/h1-38H. The highest BCUT2D eigenvalue weighted by atomic mass is 15.1. The van der Waals surface area contributed by atoms with E-state index in [4.69, 9.17) is 0 Å². The molecule has 0 saturated heterocycles. The van der Waals surface area contributed by atoms with Crippen LogP contribution in [0.2, 0.25) is 0 Å². The molecule has 0 aliphatic carbocycles. The van der Waals surface area contributed by atoms with Gasteiger partial charge in [-0.1, -0.05) is 182 Å². The Balaban J connectivity index is 1.10. The van der Waals surface area contributed by atoms with Crippen molar-refractivity contribution in [2.45, 2.75) is 0 Å². The van der Waals surface area contributed by atoms with Crippen molar-refractivity contribution in [1.82, 2.24) is 4.57 Å². The zero-order valence-electron chi connectivity index (χ0n) is 31.8. The van der Waals surface area contributed by atoms with Gasteiger partial charge in [-0.3, -0.25) is 0 Å². The van der Waals surface area contributed by atoms with Crippen LogP contribution in [0.15, 0.2) is 231 Å². The number of fused-ring (bicyclic) bond motifs is 6. The highest BCUT2D eigenvalue weighted by Gasteiger charge is 2.22. The van der Waals surface area contributed by atoms with Gasteiger partial charge in [0.2, 0.25) is 0 Å². The zero-order chi connectivity index (χ0) is 38.4. The maximum absolute atomic E-state index is 2.44. The summed E-state index contributed by atoms with van der Waals surface area (Å²) in [7, 11) is 0. The highest BCUT2D eigenvalue weighted by molar-refractivity contribution is 6.22. The van der Waals surface area contributed by atoms with Gasteiger partial charge in [-0.05, 0) is 98.1 Å². The number of rotatable bonds is 7. The van der Waals surface area contributed by atoms with E-state index >= 15 is 0 Å². The molecule has 0 unspecified atom stereocenters. The lowest BCUT2D eigenvalue weighted by molar-refractivity contribution is 1.18. The van der Waals surface area contributed by atoms with Gasteiger partial charge < -0.3 is 9.47 Å². The lowest BCUT2D eigenvalue weighted by Crippen LogP contribution is -2.10. The van der Waals surface area contributed by atoms with Gasteiger partial charge in [0.1, 0.15) is 0 Å². The summed E-state index contributed by atoms with van der Waals surface area (Å²) >= 11 is 0. The van der Waals surface area contributed by atoms with Crippen molar-refractivity contribution in [3.8, 4) is 39.1 Å². The van der Waals surface area contributed by atoms with Crippen molar-refractivity contribution in [3.63, 3.8) is 0 Å². The molecule has 11 rings (SSSR count). The van der Waals surface area contributed by atoms with E-state index in [9.17, 15) is 0 Å². The van der Waals surface area contributed by atoms with Gasteiger partial charge in [-0.25, -0.2) is 0 Å². The van der Waals surface area contributed by atoms with Crippen molar-refractivity contribution >= 4 is 60.4 Å². The Morgan fingerprint density at radius 1 is 0.310 bits per heavy atom. The summed E-state index contributed by atoms with van der Waals surface area (Å²) in [4.78, 5) is 2.43. The van der Waals surface area contributed by atoms with E-state index in [1.165, 1.54) is 76.7 Å². The number of anilines is 3. The molecule has 58 heavy (non-hydrogen) atoms. The minimum atomic E-state index is 1.09. The predicted octanol–water partition coefficient (Wildman–Crippen LogP) is 15.6. The molecule has 0 N–H and O–H groups in total. The van der Waals surface area contributed by atoms with E-state index < -0.39 is 0 Å². The first-order chi connectivity index (χ1) is 28.8. The Labute approximate surface area is 338 Å². The summed E-state index contributed by atoms with van der Waals surface area (Å²) in [5, 5.41) is 7.40. The lowest BCUT2D eigenvalue weighted by atomic mass is 9.97. The average Bonchev–Trinajstić information content (AvgIpc) is 3.66. The highest BCUT2D eigenvalue weighted by Crippen LogP contribution is 2.46. The normalized spacial score (nSPS) is 11.4. The number of benzene rings is 10. The van der Waals surface area contributed by atoms with Crippen LogP contribution >= 0.6 is 0 Å². The van der Waals surface area contributed by atoms with Crippen molar-refractivity contribution in [2.24, 2.45) is 0 Å². The molecule has 2 nitrogen and oxygen atoms in total. The van der Waals surface area contributed by atoms with Crippen molar-refractivity contribution < 1.29 is 0 Å². The largest absolute Gasteiger partial charge is 0.310 e. The van der Waals surface area contributed by atoms with E-state index in [0.717, 1.165) is 22.7 Å². The molecule has 0 radical (unpaired) electrons. The number of nitrogens with zero attached hydrogens (tertiary/aromatic N) is 2. The summed E-state index contributed by atoms with van der Waals surface area (Å²) in [6.45, 7) is 0. The second-order valence-electron chi connectivity index (χ2n) is 14.9. The second-order valence-corrected chi connectivity index (χ2v) is 14.9. The molecule has 0 spiro atoms. The van der Waals surface area contributed by atoms with E-state index in [1.54, 1.807) is 0 Å². The summed E-state index contributed by atoms with van der Waals surface area (Å²) in [6, 6.07) is 83.6. The SMILES string of the molecule is c1ccc(-c2ccc(-c3ccc(N(c4ccc(-c5cccc6ccccc56)cc4)c4cccc5c4c4ccc6ccccc6c4n5-c4ccccc4)cc3)cc2)cc1. The molecule has 0 saturated carbocycles. The number of para-hydroxylation sites is 1. The number of hydrogen-bond acceptors (Lipinski definition) is 1. The fraction of sp³-hybridized carbons (Fsp3) is 0. The van der Waals surface area contributed by atoms with Crippen LogP contribution in [-0.2, 0) is 0 Å². The monoisotopic (exact) mass is 738 g/mol. The Bertz CT molecular complexity index is 3230. The number of aromatic nitrogens is 1. The molecule has 11 aromatic rings. The Hall–Kier alpha value is -7.68. The van der Waals surface area contributed by atoms with Crippen LogP contribution in [-0.4, -0.2) is 4.57 Å². The fourth-order valence-electron chi connectivity index (χ4n) is 8.82. The van der Waals surface area contributed by atoms with Crippen LogP contribution in [0.1, 0.15) is 0 Å². The fourth-order valence-corrected chi connectivity index (χ4v) is 8.82. The predicted molar refractivity (Wildman–Crippen MR) is 247 cm³/mol. The third-order valence-corrected chi connectivity index (χ3v) is 11.6. The van der Waals surface area contributed by atoms with Crippen LogP contribution in [0.3, 0.4) is 0 Å². The Morgan fingerprint density at radius 3 is 1.48 bits per heavy atom. The summed E-state index contributed by atoms with van der Waals surface area (Å²) in [5.74, 6) is 0. The molecule has 0 aliphatic rings. The average molecular weight is 739 g/mol. The Kier molecular flexibility index (Phi) is 8.19. The molecule has 0 aliphatic heterocycles. The first-order valence-corrected chi connectivity index (χ1v) is 19.9. The minimum absolute atomic E-state index is 1.09. The first kappa shape index (κ1) is 33.6. The van der Waals surface area contributed by atoms with Gasteiger partial charge in [0.15, 0.2) is 0 Å². The molecule has 1 heterocycles. The van der Waals surface area contributed by atoms with E-state index in [-0.39, 0.29) is 0 Å². The molecule has 0 atom stereocenters. The van der Waals surface area contributed by atoms with E-state index in [1.807, 2.05) is 0 Å². The van der Waals surface area contributed by atoms with Gasteiger partial charge in [0.05, 0.1) is 16.7 Å². The van der Waals surface area contributed by atoms with Gasteiger partial charge in [0, 0.05) is 33.2 Å². The molecule has 0 bridgehead atoms. The van der Waals surface area contributed by atoms with Gasteiger partial charge in [0.25, 0.3) is 0 Å². The van der Waals surface area contributed by atoms with Crippen LogP contribution < -0.4 is 4.90 Å². The van der Waals surface area contributed by atoms with Crippen LogP contribution in [0.4, 0.5) is 17.1 Å². The molecular formula is C56H38N2. The smallest absolute Gasteiger partial charge is 0.0620 e. The first-order valence-electron chi connectivity index (χ1n) is 19.9. The third-order valence-electron chi connectivity index (χ3n) is 11.6. The maximum atomic E-state index is 2.44. The summed E-state index contributed by atoms with van der Waals surface area (Å²) in [5.41, 5.74) is 14.1. The lowest BCUT2D eigenvalue weighted by Gasteiger charge is -2.27. The van der Waals surface area contributed by atoms with Crippen molar-refractivity contribution in [2.75, 3.05) is 4.90 Å². The molecule has 0 fully saturated rings. The molecule has 0 amide bonds. The minimum Gasteiger partial charge on any atom is -0.310 e. The zero-order valence-corrected chi connectivity index (χ0v) is 31.8. The Morgan fingerprint density at radius 2 is 0.810 bits per heavy atom. The van der Waals surface area contributed by atoms with E-state index in [2.05, 4.69) is 240 Å². The van der Waals surface area contributed by atoms with E-state index in [0.29, 0.717) is 0 Å². The maximum Gasteiger partial charge on any atom is 0.0620 e. The molecule has 1 aromatic heterocycles.